The van der Waals surface area contributed by atoms with Gasteiger partial charge in [0.15, 0.2) is 0 Å². The zero-order chi connectivity index (χ0) is 14.7. The first kappa shape index (κ1) is 14.4. The van der Waals surface area contributed by atoms with E-state index in [-0.39, 0.29) is 5.91 Å². The fourth-order valence-electron chi connectivity index (χ4n) is 1.76. The van der Waals surface area contributed by atoms with E-state index in [4.69, 9.17) is 17.3 Å². The van der Waals surface area contributed by atoms with E-state index < -0.39 is 6.10 Å². The van der Waals surface area contributed by atoms with Gasteiger partial charge in [0.1, 0.15) is 0 Å². The number of halogens is 1. The lowest BCUT2D eigenvalue weighted by Gasteiger charge is -2.09. The van der Waals surface area contributed by atoms with Crippen LogP contribution in [0.1, 0.15) is 28.9 Å². The molecule has 0 fully saturated rings. The Bertz CT molecular complexity index is 624. The standard InChI is InChI=1S/C15H15ClN2O2/c1-9(19)10-2-5-12(6-3-10)18-15(20)13-7-4-11(17)8-14(13)16/h2-9,19H,17H2,1H3,(H,18,20). The number of hydrogen-bond acceptors (Lipinski definition) is 3. The third-order valence-corrected chi connectivity index (χ3v) is 3.20. The molecule has 0 heterocycles. The van der Waals surface area contributed by atoms with Crippen LogP contribution in [0.4, 0.5) is 11.4 Å². The molecule has 2 aromatic carbocycles. The number of carbonyl (C=O) groups is 1. The molecule has 0 saturated carbocycles. The second kappa shape index (κ2) is 5.94. The molecule has 1 atom stereocenters. The van der Waals surface area contributed by atoms with Gasteiger partial charge in [-0.2, -0.15) is 0 Å². The van der Waals surface area contributed by atoms with E-state index in [2.05, 4.69) is 5.32 Å². The Kier molecular flexibility index (Phi) is 4.27. The third kappa shape index (κ3) is 3.29. The quantitative estimate of drug-likeness (QED) is 0.760. The topological polar surface area (TPSA) is 75.3 Å². The molecule has 2 rings (SSSR count). The molecule has 0 aliphatic carbocycles. The molecule has 0 spiro atoms. The first-order valence-corrected chi connectivity index (χ1v) is 6.49. The lowest BCUT2D eigenvalue weighted by Crippen LogP contribution is -2.12. The number of nitrogen functional groups attached to an aromatic ring is 1. The van der Waals surface area contributed by atoms with Crippen LogP contribution in [0.2, 0.25) is 5.02 Å². The Morgan fingerprint density at radius 1 is 1.25 bits per heavy atom. The normalized spacial score (nSPS) is 11.9. The van der Waals surface area contributed by atoms with Crippen LogP contribution in [0.5, 0.6) is 0 Å². The maximum absolute atomic E-state index is 12.1. The highest BCUT2D eigenvalue weighted by Gasteiger charge is 2.11. The highest BCUT2D eigenvalue weighted by molar-refractivity contribution is 6.34. The van der Waals surface area contributed by atoms with Crippen LogP contribution in [0.25, 0.3) is 0 Å². The second-order valence-electron chi connectivity index (χ2n) is 4.49. The van der Waals surface area contributed by atoms with Gasteiger partial charge in [-0.15, -0.1) is 0 Å². The van der Waals surface area contributed by atoms with E-state index in [9.17, 15) is 9.90 Å². The minimum atomic E-state index is -0.536. The number of carbonyl (C=O) groups excluding carboxylic acids is 1. The minimum Gasteiger partial charge on any atom is -0.399 e. The Balaban J connectivity index is 2.15. The van der Waals surface area contributed by atoms with Gasteiger partial charge in [0.25, 0.3) is 5.91 Å². The van der Waals surface area contributed by atoms with Gasteiger partial charge in [-0.25, -0.2) is 0 Å². The van der Waals surface area contributed by atoms with Gasteiger partial charge in [0.05, 0.1) is 16.7 Å². The zero-order valence-corrected chi connectivity index (χ0v) is 11.7. The van der Waals surface area contributed by atoms with E-state index in [1.165, 1.54) is 6.07 Å². The van der Waals surface area contributed by atoms with Gasteiger partial charge in [-0.1, -0.05) is 23.7 Å². The first-order chi connectivity index (χ1) is 9.47. The number of rotatable bonds is 3. The molecule has 0 aromatic heterocycles. The summed E-state index contributed by atoms with van der Waals surface area (Å²) in [6, 6.07) is 11.7. The number of hydrogen-bond donors (Lipinski definition) is 3. The highest BCUT2D eigenvalue weighted by Crippen LogP contribution is 2.21. The monoisotopic (exact) mass is 290 g/mol. The third-order valence-electron chi connectivity index (χ3n) is 2.89. The summed E-state index contributed by atoms with van der Waals surface area (Å²) < 4.78 is 0. The number of nitrogens with two attached hydrogens (primary N) is 1. The van der Waals surface area contributed by atoms with Crippen molar-refractivity contribution in [2.75, 3.05) is 11.1 Å². The van der Waals surface area contributed by atoms with E-state index in [0.29, 0.717) is 22.0 Å². The number of benzene rings is 2. The summed E-state index contributed by atoms with van der Waals surface area (Å²) in [6.07, 6.45) is -0.536. The Morgan fingerprint density at radius 3 is 2.45 bits per heavy atom. The zero-order valence-electron chi connectivity index (χ0n) is 10.9. The fraction of sp³-hybridized carbons (Fsp3) is 0.133. The molecule has 2 aromatic rings. The summed E-state index contributed by atoms with van der Waals surface area (Å²) in [4.78, 5) is 12.1. The van der Waals surface area contributed by atoms with Crippen LogP contribution in [0.3, 0.4) is 0 Å². The largest absolute Gasteiger partial charge is 0.399 e. The summed E-state index contributed by atoms with van der Waals surface area (Å²) in [6.45, 7) is 1.68. The van der Waals surface area contributed by atoms with Gasteiger partial charge in [-0.3, -0.25) is 4.79 Å². The van der Waals surface area contributed by atoms with Crippen molar-refractivity contribution in [2.45, 2.75) is 13.0 Å². The summed E-state index contributed by atoms with van der Waals surface area (Å²) in [5.41, 5.74) is 7.87. The maximum Gasteiger partial charge on any atom is 0.257 e. The molecule has 0 bridgehead atoms. The van der Waals surface area contributed by atoms with Crippen molar-refractivity contribution in [1.82, 2.24) is 0 Å². The van der Waals surface area contributed by atoms with Crippen molar-refractivity contribution >= 4 is 28.9 Å². The molecule has 20 heavy (non-hydrogen) atoms. The minimum absolute atomic E-state index is 0.306. The summed E-state index contributed by atoms with van der Waals surface area (Å²) in [5.74, 6) is -0.306. The molecule has 0 radical (unpaired) electrons. The average Bonchev–Trinajstić information content (AvgIpc) is 2.39. The summed E-state index contributed by atoms with van der Waals surface area (Å²) >= 11 is 5.98. The van der Waals surface area contributed by atoms with Crippen molar-refractivity contribution in [3.63, 3.8) is 0 Å². The van der Waals surface area contributed by atoms with Gasteiger partial charge in [0, 0.05) is 11.4 Å². The lowest BCUT2D eigenvalue weighted by molar-refractivity contribution is 0.102. The van der Waals surface area contributed by atoms with E-state index >= 15 is 0 Å². The predicted octanol–water partition coefficient (Wildman–Crippen LogP) is 3.23. The maximum atomic E-state index is 12.1. The Morgan fingerprint density at radius 2 is 1.90 bits per heavy atom. The molecule has 1 unspecified atom stereocenters. The first-order valence-electron chi connectivity index (χ1n) is 6.12. The number of anilines is 2. The molecule has 0 aliphatic rings. The smallest absolute Gasteiger partial charge is 0.257 e. The van der Waals surface area contributed by atoms with Gasteiger partial charge < -0.3 is 16.2 Å². The average molecular weight is 291 g/mol. The van der Waals surface area contributed by atoms with Crippen molar-refractivity contribution in [1.29, 1.82) is 0 Å². The number of aliphatic hydroxyl groups excluding tert-OH is 1. The molecule has 0 saturated heterocycles. The molecular weight excluding hydrogens is 276 g/mol. The SMILES string of the molecule is CC(O)c1ccc(NC(=O)c2ccc(N)cc2Cl)cc1. The molecule has 0 aliphatic heterocycles. The molecule has 5 heteroatoms. The van der Waals surface area contributed by atoms with Crippen LogP contribution >= 0.6 is 11.6 Å². The van der Waals surface area contributed by atoms with Crippen LogP contribution in [0.15, 0.2) is 42.5 Å². The summed E-state index contributed by atoms with van der Waals surface area (Å²) in [5, 5.41) is 12.5. The van der Waals surface area contributed by atoms with Gasteiger partial charge in [-0.05, 0) is 42.8 Å². The summed E-state index contributed by atoms with van der Waals surface area (Å²) in [7, 11) is 0. The van der Waals surface area contributed by atoms with E-state index in [1.807, 2.05) is 0 Å². The van der Waals surface area contributed by atoms with Gasteiger partial charge in [0.2, 0.25) is 0 Å². The molecule has 104 valence electrons. The van der Waals surface area contributed by atoms with Crippen LogP contribution < -0.4 is 11.1 Å². The van der Waals surface area contributed by atoms with Crippen molar-refractivity contribution in [3.8, 4) is 0 Å². The molecule has 1 amide bonds. The van der Waals surface area contributed by atoms with Crippen LogP contribution in [-0.2, 0) is 0 Å². The van der Waals surface area contributed by atoms with Gasteiger partial charge >= 0.3 is 0 Å². The number of aliphatic hydroxyl groups is 1. The highest BCUT2D eigenvalue weighted by atomic mass is 35.5. The van der Waals surface area contributed by atoms with E-state index in [0.717, 1.165) is 5.56 Å². The second-order valence-corrected chi connectivity index (χ2v) is 4.90. The molecule has 4 nitrogen and oxygen atoms in total. The predicted molar refractivity (Wildman–Crippen MR) is 80.9 cm³/mol. The molecular formula is C15H15ClN2O2. The number of amides is 1. The Hall–Kier alpha value is -2.04. The van der Waals surface area contributed by atoms with Crippen molar-refractivity contribution in [3.05, 3.63) is 58.6 Å². The Labute approximate surface area is 122 Å². The number of nitrogens with one attached hydrogen (secondary N) is 1. The van der Waals surface area contributed by atoms with Crippen molar-refractivity contribution < 1.29 is 9.90 Å². The lowest BCUT2D eigenvalue weighted by atomic mass is 10.1. The molecule has 4 N–H and O–H groups in total. The fourth-order valence-corrected chi connectivity index (χ4v) is 2.03. The van der Waals surface area contributed by atoms with Crippen molar-refractivity contribution in [2.24, 2.45) is 0 Å². The van der Waals surface area contributed by atoms with E-state index in [1.54, 1.807) is 43.3 Å². The van der Waals surface area contributed by atoms with Crippen LogP contribution in [-0.4, -0.2) is 11.0 Å². The van der Waals surface area contributed by atoms with Crippen LogP contribution in [0, 0.1) is 0 Å².